The van der Waals surface area contributed by atoms with Gasteiger partial charge < -0.3 is 4.90 Å². The summed E-state index contributed by atoms with van der Waals surface area (Å²) in [6, 6.07) is 5.02. The van der Waals surface area contributed by atoms with Crippen molar-refractivity contribution >= 4 is 21.1 Å². The highest BCUT2D eigenvalue weighted by Gasteiger charge is 2.40. The van der Waals surface area contributed by atoms with Crippen LogP contribution in [0.1, 0.15) is 12.8 Å². The lowest BCUT2D eigenvalue weighted by atomic mass is 9.97. The Hall–Kier alpha value is -1.64. The molecule has 8 heteroatoms. The fourth-order valence-electron chi connectivity index (χ4n) is 4.35. The summed E-state index contributed by atoms with van der Waals surface area (Å²) in [5.41, 5.74) is 1.23. The molecule has 7 nitrogen and oxygen atoms in total. The summed E-state index contributed by atoms with van der Waals surface area (Å²) < 4.78 is 31.3. The zero-order valence-corrected chi connectivity index (χ0v) is 15.7. The van der Waals surface area contributed by atoms with E-state index in [1.54, 1.807) is 36.6 Å². The molecule has 0 aliphatic carbocycles. The molecule has 2 aromatic rings. The van der Waals surface area contributed by atoms with Crippen LogP contribution in [0.2, 0.25) is 0 Å². The van der Waals surface area contributed by atoms with E-state index in [9.17, 15) is 13.2 Å². The van der Waals surface area contributed by atoms with Gasteiger partial charge in [-0.2, -0.15) is 4.31 Å². The third-order valence-electron chi connectivity index (χ3n) is 5.70. The molecule has 0 amide bonds. The monoisotopic (exact) mass is 364 g/mol. The normalized spacial score (nSPS) is 25.6. The lowest BCUT2D eigenvalue weighted by molar-refractivity contribution is 0.229. The number of sulfonamides is 1. The van der Waals surface area contributed by atoms with E-state index in [4.69, 9.17) is 0 Å². The van der Waals surface area contributed by atoms with E-state index in [0.29, 0.717) is 18.0 Å². The van der Waals surface area contributed by atoms with E-state index in [0.717, 1.165) is 31.4 Å². The number of likely N-dealkylation sites (N-methyl/N-ethyl adjacent to an activating group) is 1. The first-order chi connectivity index (χ1) is 11.8. The average molecular weight is 364 g/mol. The highest BCUT2D eigenvalue weighted by Crippen LogP contribution is 2.32. The molecule has 25 heavy (non-hydrogen) atoms. The summed E-state index contributed by atoms with van der Waals surface area (Å²) in [7, 11) is 1.86. The third-order valence-corrected chi connectivity index (χ3v) is 7.61. The maximum atomic E-state index is 13.3. The number of aromatic nitrogens is 2. The molecule has 0 radical (unpaired) electrons. The van der Waals surface area contributed by atoms with E-state index in [2.05, 4.69) is 11.9 Å². The van der Waals surface area contributed by atoms with Gasteiger partial charge >= 0.3 is 5.69 Å². The Morgan fingerprint density at radius 2 is 1.68 bits per heavy atom. The first kappa shape index (κ1) is 16.8. The molecule has 3 saturated heterocycles. The molecule has 0 spiro atoms. The standard InChI is InChI=1S/C17H24N4O3S/c1-18-9-12-4-5-13(11-18)21(10-12)25(23,24)14-6-7-15-16(8-14)20(3)17(22)19(15)2/h6-8,12-13H,4-5,9-11H2,1-3H3/t12-,13+/m1/s1. The van der Waals surface area contributed by atoms with Crippen LogP contribution in [0.5, 0.6) is 0 Å². The van der Waals surface area contributed by atoms with Crippen LogP contribution in [-0.4, -0.2) is 59.5 Å². The topological polar surface area (TPSA) is 67.6 Å². The number of rotatable bonds is 2. The molecule has 0 saturated carbocycles. The average Bonchev–Trinajstić information content (AvgIpc) is 2.77. The highest BCUT2D eigenvalue weighted by atomic mass is 32.2. The van der Waals surface area contributed by atoms with Gasteiger partial charge in [0.1, 0.15) is 0 Å². The third kappa shape index (κ3) is 2.54. The molecular formula is C17H24N4O3S. The Kier molecular flexibility index (Phi) is 3.82. The second kappa shape index (κ2) is 5.69. The lowest BCUT2D eigenvalue weighted by Gasteiger charge is -2.35. The molecule has 3 aliphatic rings. The predicted molar refractivity (Wildman–Crippen MR) is 96.1 cm³/mol. The van der Waals surface area contributed by atoms with E-state index in [1.165, 1.54) is 9.13 Å². The summed E-state index contributed by atoms with van der Waals surface area (Å²) in [4.78, 5) is 14.6. The Bertz CT molecular complexity index is 991. The molecule has 4 heterocycles. The molecule has 136 valence electrons. The molecule has 0 N–H and O–H groups in total. The first-order valence-corrected chi connectivity index (χ1v) is 10.1. The maximum absolute atomic E-state index is 13.3. The molecule has 3 fully saturated rings. The van der Waals surface area contributed by atoms with Gasteiger partial charge in [-0.05, 0) is 44.0 Å². The molecule has 1 aromatic heterocycles. The summed E-state index contributed by atoms with van der Waals surface area (Å²) in [6.45, 7) is 2.32. The molecule has 3 aliphatic heterocycles. The minimum Gasteiger partial charge on any atom is -0.304 e. The van der Waals surface area contributed by atoms with Crippen LogP contribution < -0.4 is 5.69 Å². The van der Waals surface area contributed by atoms with Crippen molar-refractivity contribution in [3.05, 3.63) is 28.7 Å². The Morgan fingerprint density at radius 1 is 0.960 bits per heavy atom. The van der Waals surface area contributed by atoms with Crippen molar-refractivity contribution in [3.8, 4) is 0 Å². The zero-order valence-electron chi connectivity index (χ0n) is 14.8. The highest BCUT2D eigenvalue weighted by molar-refractivity contribution is 7.89. The van der Waals surface area contributed by atoms with E-state index >= 15 is 0 Å². The van der Waals surface area contributed by atoms with Crippen LogP contribution in [0, 0.1) is 5.92 Å². The number of nitrogens with zero attached hydrogens (tertiary/aromatic N) is 4. The fraction of sp³-hybridized carbons (Fsp3) is 0.588. The summed E-state index contributed by atoms with van der Waals surface area (Å²) in [6.07, 6.45) is 2.01. The van der Waals surface area contributed by atoms with Crippen molar-refractivity contribution in [1.29, 1.82) is 0 Å². The second-order valence-electron chi connectivity index (χ2n) is 7.44. The summed E-state index contributed by atoms with van der Waals surface area (Å²) in [5.74, 6) is 0.392. The van der Waals surface area contributed by atoms with Crippen molar-refractivity contribution < 1.29 is 8.42 Å². The van der Waals surface area contributed by atoms with Crippen LogP contribution in [0.3, 0.4) is 0 Å². The van der Waals surface area contributed by atoms with Crippen molar-refractivity contribution in [2.75, 3.05) is 26.7 Å². The summed E-state index contributed by atoms with van der Waals surface area (Å²) >= 11 is 0. The van der Waals surface area contributed by atoms with Gasteiger partial charge in [-0.1, -0.05) is 0 Å². The number of hydrogen-bond donors (Lipinski definition) is 0. The van der Waals surface area contributed by atoms with Crippen molar-refractivity contribution in [1.82, 2.24) is 18.3 Å². The van der Waals surface area contributed by atoms with Crippen LogP contribution in [0.25, 0.3) is 11.0 Å². The lowest BCUT2D eigenvalue weighted by Crippen LogP contribution is -2.47. The van der Waals surface area contributed by atoms with Gasteiger partial charge in [0.25, 0.3) is 0 Å². The van der Waals surface area contributed by atoms with Crippen molar-refractivity contribution in [2.24, 2.45) is 20.0 Å². The van der Waals surface area contributed by atoms with Crippen LogP contribution in [-0.2, 0) is 24.1 Å². The van der Waals surface area contributed by atoms with Gasteiger partial charge in [-0.15, -0.1) is 0 Å². The van der Waals surface area contributed by atoms with Gasteiger partial charge in [0.15, 0.2) is 0 Å². The quantitative estimate of drug-likeness (QED) is 0.782. The largest absolute Gasteiger partial charge is 0.328 e. The van der Waals surface area contributed by atoms with E-state index in [-0.39, 0.29) is 16.6 Å². The number of imidazole rings is 1. The number of piperidine rings is 1. The second-order valence-corrected chi connectivity index (χ2v) is 9.33. The first-order valence-electron chi connectivity index (χ1n) is 8.65. The Balaban J connectivity index is 1.79. The molecule has 0 unspecified atom stereocenters. The minimum absolute atomic E-state index is 0.0315. The maximum Gasteiger partial charge on any atom is 0.328 e. The van der Waals surface area contributed by atoms with Crippen LogP contribution in [0.15, 0.2) is 27.9 Å². The smallest absolute Gasteiger partial charge is 0.304 e. The van der Waals surface area contributed by atoms with Gasteiger partial charge in [0.2, 0.25) is 10.0 Å². The van der Waals surface area contributed by atoms with Gasteiger partial charge in [-0.3, -0.25) is 9.13 Å². The minimum atomic E-state index is -3.57. The molecule has 2 atom stereocenters. The number of aryl methyl sites for hydroxylation is 2. The van der Waals surface area contributed by atoms with Crippen molar-refractivity contribution in [2.45, 2.75) is 23.8 Å². The van der Waals surface area contributed by atoms with Crippen molar-refractivity contribution in [3.63, 3.8) is 0 Å². The van der Waals surface area contributed by atoms with Crippen LogP contribution in [0.4, 0.5) is 0 Å². The summed E-state index contributed by atoms with van der Waals surface area (Å²) in [5, 5.41) is 0. The molecule has 1 aromatic carbocycles. The fourth-order valence-corrected chi connectivity index (χ4v) is 6.09. The van der Waals surface area contributed by atoms with E-state index < -0.39 is 10.0 Å². The zero-order chi connectivity index (χ0) is 17.9. The van der Waals surface area contributed by atoms with Gasteiger partial charge in [-0.25, -0.2) is 13.2 Å². The number of fused-ring (bicyclic) bond motifs is 5. The number of hydrogen-bond acceptors (Lipinski definition) is 4. The number of benzene rings is 1. The molecule has 5 rings (SSSR count). The SMILES string of the molecule is CN1C[C@H]2CC[C@@H](C1)N(S(=O)(=O)c1ccc3c(c1)n(C)c(=O)n3C)C2. The molecule has 2 bridgehead atoms. The Labute approximate surface area is 147 Å². The predicted octanol–water partition coefficient (Wildman–Crippen LogP) is 0.592. The van der Waals surface area contributed by atoms with E-state index in [1.807, 2.05) is 0 Å². The molecular weight excluding hydrogens is 340 g/mol. The van der Waals surface area contributed by atoms with Gasteiger partial charge in [0, 0.05) is 39.8 Å². The Morgan fingerprint density at radius 3 is 2.44 bits per heavy atom. The van der Waals surface area contributed by atoms with Crippen LogP contribution >= 0.6 is 0 Å². The van der Waals surface area contributed by atoms with Gasteiger partial charge in [0.05, 0.1) is 15.9 Å².